The van der Waals surface area contributed by atoms with Crippen LogP contribution in [0.5, 0.6) is 0 Å². The predicted molar refractivity (Wildman–Crippen MR) is 45.8 cm³/mol. The first-order valence-corrected chi connectivity index (χ1v) is 3.99. The second-order valence-corrected chi connectivity index (χ2v) is 2.98. The Labute approximate surface area is 66.1 Å². The van der Waals surface area contributed by atoms with Crippen molar-refractivity contribution in [1.82, 2.24) is 0 Å². The SMILES string of the molecule is C[C@H]1CC=c2ccccc2=N1. The Kier molecular flexibility index (Phi) is 1.50. The monoisotopic (exact) mass is 145 g/mol. The molecule has 0 amide bonds. The molecular formula is C10H11N. The minimum absolute atomic E-state index is 0.463. The Morgan fingerprint density at radius 1 is 1.36 bits per heavy atom. The second-order valence-electron chi connectivity index (χ2n) is 2.98. The fourth-order valence-corrected chi connectivity index (χ4v) is 1.37. The summed E-state index contributed by atoms with van der Waals surface area (Å²) in [6, 6.07) is 8.74. The van der Waals surface area contributed by atoms with Crippen molar-refractivity contribution in [2.45, 2.75) is 19.4 Å². The largest absolute Gasteiger partial charge is 0.281 e. The van der Waals surface area contributed by atoms with E-state index >= 15 is 0 Å². The Morgan fingerprint density at radius 3 is 3.09 bits per heavy atom. The molecule has 0 radical (unpaired) electrons. The first-order valence-electron chi connectivity index (χ1n) is 3.99. The van der Waals surface area contributed by atoms with E-state index in [-0.39, 0.29) is 0 Å². The summed E-state index contributed by atoms with van der Waals surface area (Å²) >= 11 is 0. The number of hydrogen-bond donors (Lipinski definition) is 0. The molecule has 0 unspecified atom stereocenters. The van der Waals surface area contributed by atoms with Crippen LogP contribution in [-0.2, 0) is 0 Å². The summed E-state index contributed by atoms with van der Waals surface area (Å²) in [5.74, 6) is 0. The van der Waals surface area contributed by atoms with Gasteiger partial charge in [-0.2, -0.15) is 0 Å². The molecule has 0 saturated carbocycles. The van der Waals surface area contributed by atoms with Crippen LogP contribution in [0, 0.1) is 0 Å². The third-order valence-corrected chi connectivity index (χ3v) is 1.98. The van der Waals surface area contributed by atoms with Crippen molar-refractivity contribution < 1.29 is 0 Å². The molecule has 0 saturated heterocycles. The van der Waals surface area contributed by atoms with Crippen molar-refractivity contribution in [2.24, 2.45) is 4.99 Å². The van der Waals surface area contributed by atoms with Gasteiger partial charge < -0.3 is 0 Å². The molecule has 0 spiro atoms. The molecule has 1 heteroatoms. The van der Waals surface area contributed by atoms with Crippen LogP contribution in [0.4, 0.5) is 0 Å². The van der Waals surface area contributed by atoms with Gasteiger partial charge in [0.1, 0.15) is 0 Å². The van der Waals surface area contributed by atoms with E-state index in [1.54, 1.807) is 0 Å². The molecular weight excluding hydrogens is 134 g/mol. The Hall–Kier alpha value is -1.11. The van der Waals surface area contributed by atoms with Gasteiger partial charge in [0, 0.05) is 0 Å². The molecule has 56 valence electrons. The van der Waals surface area contributed by atoms with Crippen molar-refractivity contribution in [3.63, 3.8) is 0 Å². The van der Waals surface area contributed by atoms with Crippen LogP contribution in [0.3, 0.4) is 0 Å². The van der Waals surface area contributed by atoms with Crippen LogP contribution >= 0.6 is 0 Å². The summed E-state index contributed by atoms with van der Waals surface area (Å²) < 4.78 is 0. The summed E-state index contributed by atoms with van der Waals surface area (Å²) in [4.78, 5) is 4.51. The second kappa shape index (κ2) is 2.50. The van der Waals surface area contributed by atoms with Crippen molar-refractivity contribution in [3.05, 3.63) is 34.8 Å². The summed E-state index contributed by atoms with van der Waals surface area (Å²) in [6.07, 6.45) is 3.34. The van der Waals surface area contributed by atoms with Gasteiger partial charge in [-0.15, -0.1) is 0 Å². The Bertz CT molecular complexity index is 365. The standard InChI is InChI=1S/C10H11N/c1-8-6-7-9-4-2-3-5-10(9)11-8/h2-5,7-8H,6H2,1H3/t8-/m0/s1. The van der Waals surface area contributed by atoms with E-state index in [1.807, 2.05) is 6.07 Å². The third-order valence-electron chi connectivity index (χ3n) is 1.98. The molecule has 1 aromatic carbocycles. The molecule has 1 atom stereocenters. The predicted octanol–water partition coefficient (Wildman–Crippen LogP) is 0.879. The van der Waals surface area contributed by atoms with E-state index in [1.165, 1.54) is 5.22 Å². The molecule has 0 bridgehead atoms. The number of rotatable bonds is 0. The number of para-hydroxylation sites is 1. The highest BCUT2D eigenvalue weighted by Gasteiger charge is 1.99. The molecule has 1 heterocycles. The van der Waals surface area contributed by atoms with E-state index < -0.39 is 0 Å². The van der Waals surface area contributed by atoms with Crippen LogP contribution in [0.25, 0.3) is 6.08 Å². The summed E-state index contributed by atoms with van der Waals surface area (Å²) in [5.41, 5.74) is 0. The van der Waals surface area contributed by atoms with Gasteiger partial charge >= 0.3 is 0 Å². The minimum Gasteiger partial charge on any atom is -0.281 e. The zero-order valence-corrected chi connectivity index (χ0v) is 6.62. The van der Waals surface area contributed by atoms with Crippen LogP contribution < -0.4 is 10.6 Å². The molecule has 0 aromatic heterocycles. The van der Waals surface area contributed by atoms with Gasteiger partial charge in [-0.05, 0) is 24.6 Å². The summed E-state index contributed by atoms with van der Waals surface area (Å²) in [7, 11) is 0. The zero-order valence-electron chi connectivity index (χ0n) is 6.62. The quantitative estimate of drug-likeness (QED) is 0.514. The summed E-state index contributed by atoms with van der Waals surface area (Å²) in [5, 5.41) is 2.43. The van der Waals surface area contributed by atoms with Crippen LogP contribution in [-0.4, -0.2) is 6.04 Å². The molecule has 1 aliphatic rings. The molecule has 1 nitrogen and oxygen atoms in total. The van der Waals surface area contributed by atoms with E-state index in [0.29, 0.717) is 6.04 Å². The van der Waals surface area contributed by atoms with Gasteiger partial charge in [-0.1, -0.05) is 24.3 Å². The molecule has 2 rings (SSSR count). The number of fused-ring (bicyclic) bond motifs is 1. The van der Waals surface area contributed by atoms with E-state index in [9.17, 15) is 0 Å². The summed E-state index contributed by atoms with van der Waals surface area (Å²) in [6.45, 7) is 2.15. The minimum atomic E-state index is 0.463. The Balaban J connectivity index is 2.73. The lowest BCUT2D eigenvalue weighted by atomic mass is 10.1. The first-order chi connectivity index (χ1) is 5.36. The fourth-order valence-electron chi connectivity index (χ4n) is 1.37. The number of benzene rings is 1. The lowest BCUT2D eigenvalue weighted by molar-refractivity contribution is 0.738. The maximum absolute atomic E-state index is 4.51. The molecule has 0 fully saturated rings. The fraction of sp³-hybridized carbons (Fsp3) is 0.300. The normalized spacial score (nSPS) is 21.4. The molecule has 0 N–H and O–H groups in total. The van der Waals surface area contributed by atoms with E-state index in [2.05, 4.69) is 36.2 Å². The van der Waals surface area contributed by atoms with Gasteiger partial charge in [0.05, 0.1) is 11.4 Å². The molecule has 1 aromatic rings. The van der Waals surface area contributed by atoms with Crippen molar-refractivity contribution in [3.8, 4) is 0 Å². The topological polar surface area (TPSA) is 12.4 Å². The number of nitrogens with zero attached hydrogens (tertiary/aromatic N) is 1. The maximum atomic E-state index is 4.51. The van der Waals surface area contributed by atoms with Crippen molar-refractivity contribution >= 4 is 6.08 Å². The first kappa shape index (κ1) is 6.59. The lowest BCUT2D eigenvalue weighted by Gasteiger charge is -2.05. The highest BCUT2D eigenvalue weighted by Crippen LogP contribution is 1.97. The molecule has 1 aliphatic heterocycles. The molecule has 0 aliphatic carbocycles. The highest BCUT2D eigenvalue weighted by atomic mass is 14.8. The average molecular weight is 145 g/mol. The van der Waals surface area contributed by atoms with Crippen LogP contribution in [0.15, 0.2) is 29.3 Å². The van der Waals surface area contributed by atoms with E-state index in [0.717, 1.165) is 11.8 Å². The van der Waals surface area contributed by atoms with Gasteiger partial charge in [-0.3, -0.25) is 4.99 Å². The number of hydrogen-bond acceptors (Lipinski definition) is 1. The Morgan fingerprint density at radius 2 is 2.18 bits per heavy atom. The third kappa shape index (κ3) is 1.18. The highest BCUT2D eigenvalue weighted by molar-refractivity contribution is 5.26. The lowest BCUT2D eigenvalue weighted by Crippen LogP contribution is -2.29. The van der Waals surface area contributed by atoms with E-state index in [4.69, 9.17) is 0 Å². The van der Waals surface area contributed by atoms with Crippen LogP contribution in [0.2, 0.25) is 0 Å². The smallest absolute Gasteiger partial charge is 0.0646 e. The van der Waals surface area contributed by atoms with Crippen molar-refractivity contribution in [2.75, 3.05) is 0 Å². The van der Waals surface area contributed by atoms with Gasteiger partial charge in [-0.25, -0.2) is 0 Å². The van der Waals surface area contributed by atoms with Gasteiger partial charge in [0.25, 0.3) is 0 Å². The zero-order chi connectivity index (χ0) is 7.68. The average Bonchev–Trinajstić information content (AvgIpc) is 2.04. The van der Waals surface area contributed by atoms with Crippen molar-refractivity contribution in [1.29, 1.82) is 0 Å². The van der Waals surface area contributed by atoms with Crippen LogP contribution in [0.1, 0.15) is 13.3 Å². The maximum Gasteiger partial charge on any atom is 0.0646 e. The van der Waals surface area contributed by atoms with Gasteiger partial charge in [0.2, 0.25) is 0 Å². The van der Waals surface area contributed by atoms with Gasteiger partial charge in [0.15, 0.2) is 0 Å². The molecule has 11 heavy (non-hydrogen) atoms.